The molecule has 0 spiro atoms. The molecule has 68 valence electrons. The zero-order valence-electron chi connectivity index (χ0n) is 7.68. The maximum absolute atomic E-state index is 11.5. The van der Waals surface area contributed by atoms with Gasteiger partial charge in [-0.2, -0.15) is 0 Å². The molecule has 1 aliphatic rings. The quantitative estimate of drug-likeness (QED) is 0.621. The molecule has 0 bridgehead atoms. The van der Waals surface area contributed by atoms with E-state index >= 15 is 0 Å². The SMILES string of the molecule is CCCN1C(=O)NC(C)(C)C1=O. The number of carbonyl (C=O) groups excluding carboxylic acids is 2. The summed E-state index contributed by atoms with van der Waals surface area (Å²) in [6.07, 6.45) is 0.801. The average molecular weight is 170 g/mol. The van der Waals surface area contributed by atoms with E-state index in [1.54, 1.807) is 13.8 Å². The van der Waals surface area contributed by atoms with Crippen LogP contribution in [0, 0.1) is 0 Å². The summed E-state index contributed by atoms with van der Waals surface area (Å²) in [5, 5.41) is 2.62. The number of nitrogens with one attached hydrogen (secondary N) is 1. The van der Waals surface area contributed by atoms with E-state index in [9.17, 15) is 9.59 Å². The average Bonchev–Trinajstić information content (AvgIpc) is 2.13. The Morgan fingerprint density at radius 2 is 2.00 bits per heavy atom. The van der Waals surface area contributed by atoms with E-state index in [2.05, 4.69) is 5.32 Å². The van der Waals surface area contributed by atoms with Crippen LogP contribution in [0.15, 0.2) is 0 Å². The molecule has 4 heteroatoms. The smallest absolute Gasteiger partial charge is 0.324 e. The van der Waals surface area contributed by atoms with Crippen LogP contribution in [-0.4, -0.2) is 28.9 Å². The molecule has 0 atom stereocenters. The fourth-order valence-corrected chi connectivity index (χ4v) is 1.24. The molecule has 0 aliphatic carbocycles. The zero-order chi connectivity index (χ0) is 9.35. The summed E-state index contributed by atoms with van der Waals surface area (Å²) in [4.78, 5) is 23.9. The van der Waals surface area contributed by atoms with Crippen molar-refractivity contribution in [2.75, 3.05) is 6.54 Å². The lowest BCUT2D eigenvalue weighted by atomic mass is 10.1. The van der Waals surface area contributed by atoms with E-state index < -0.39 is 5.54 Å². The summed E-state index contributed by atoms with van der Waals surface area (Å²) >= 11 is 0. The van der Waals surface area contributed by atoms with Crippen molar-refractivity contribution in [1.29, 1.82) is 0 Å². The first-order valence-electron chi connectivity index (χ1n) is 4.13. The van der Waals surface area contributed by atoms with Crippen LogP contribution in [0.1, 0.15) is 27.2 Å². The van der Waals surface area contributed by atoms with Gasteiger partial charge in [0.25, 0.3) is 5.91 Å². The van der Waals surface area contributed by atoms with E-state index in [0.29, 0.717) is 6.54 Å². The summed E-state index contributed by atoms with van der Waals surface area (Å²) < 4.78 is 0. The molecule has 0 saturated carbocycles. The Hall–Kier alpha value is -1.06. The highest BCUT2D eigenvalue weighted by molar-refractivity contribution is 6.06. The van der Waals surface area contributed by atoms with Gasteiger partial charge in [0, 0.05) is 6.54 Å². The molecule has 0 aromatic carbocycles. The molecular weight excluding hydrogens is 156 g/mol. The second kappa shape index (κ2) is 2.77. The zero-order valence-corrected chi connectivity index (χ0v) is 7.68. The maximum Gasteiger partial charge on any atom is 0.325 e. The van der Waals surface area contributed by atoms with Crippen LogP contribution < -0.4 is 5.32 Å². The van der Waals surface area contributed by atoms with Gasteiger partial charge in [0.05, 0.1) is 0 Å². The number of hydrogen-bond acceptors (Lipinski definition) is 2. The third kappa shape index (κ3) is 1.29. The lowest BCUT2D eigenvalue weighted by molar-refractivity contribution is -0.130. The normalized spacial score (nSPS) is 21.4. The number of amides is 3. The molecule has 12 heavy (non-hydrogen) atoms. The van der Waals surface area contributed by atoms with Crippen molar-refractivity contribution in [3.63, 3.8) is 0 Å². The maximum atomic E-state index is 11.5. The fraction of sp³-hybridized carbons (Fsp3) is 0.750. The molecule has 0 radical (unpaired) electrons. The van der Waals surface area contributed by atoms with Crippen LogP contribution in [0.2, 0.25) is 0 Å². The topological polar surface area (TPSA) is 49.4 Å². The van der Waals surface area contributed by atoms with E-state index in [-0.39, 0.29) is 11.9 Å². The monoisotopic (exact) mass is 170 g/mol. The van der Waals surface area contributed by atoms with Crippen molar-refractivity contribution in [3.05, 3.63) is 0 Å². The minimum atomic E-state index is -0.716. The van der Waals surface area contributed by atoms with Crippen molar-refractivity contribution >= 4 is 11.9 Å². The molecule has 1 N–H and O–H groups in total. The van der Waals surface area contributed by atoms with Crippen molar-refractivity contribution in [1.82, 2.24) is 10.2 Å². The molecule has 1 rings (SSSR count). The highest BCUT2D eigenvalue weighted by Gasteiger charge is 2.43. The van der Waals surface area contributed by atoms with Gasteiger partial charge in [0.15, 0.2) is 0 Å². The Balaban J connectivity index is 2.78. The van der Waals surface area contributed by atoms with E-state index in [0.717, 1.165) is 6.42 Å². The van der Waals surface area contributed by atoms with E-state index in [1.165, 1.54) is 4.90 Å². The van der Waals surface area contributed by atoms with E-state index in [4.69, 9.17) is 0 Å². The predicted octanol–water partition coefficient (Wildman–Crippen LogP) is 0.727. The number of imide groups is 1. The third-order valence-corrected chi connectivity index (χ3v) is 1.89. The highest BCUT2D eigenvalue weighted by Crippen LogP contribution is 2.16. The Morgan fingerprint density at radius 1 is 1.42 bits per heavy atom. The number of nitrogens with zero attached hydrogens (tertiary/aromatic N) is 1. The molecule has 0 unspecified atom stereocenters. The first kappa shape index (κ1) is 9.03. The minimum absolute atomic E-state index is 0.130. The molecular formula is C8H14N2O2. The van der Waals surface area contributed by atoms with Gasteiger partial charge in [-0.15, -0.1) is 0 Å². The van der Waals surface area contributed by atoms with Crippen LogP contribution in [0.4, 0.5) is 4.79 Å². The minimum Gasteiger partial charge on any atom is -0.324 e. The Labute approximate surface area is 71.9 Å². The van der Waals surface area contributed by atoms with Gasteiger partial charge in [-0.25, -0.2) is 4.79 Å². The standard InChI is InChI=1S/C8H14N2O2/c1-4-5-10-6(11)8(2,3)9-7(10)12/h4-5H2,1-3H3,(H,9,12). The third-order valence-electron chi connectivity index (χ3n) is 1.89. The van der Waals surface area contributed by atoms with Crippen LogP contribution in [0.3, 0.4) is 0 Å². The second-order valence-electron chi connectivity index (χ2n) is 3.51. The summed E-state index contributed by atoms with van der Waals surface area (Å²) in [5.74, 6) is -0.130. The fourth-order valence-electron chi connectivity index (χ4n) is 1.24. The molecule has 1 saturated heterocycles. The van der Waals surface area contributed by atoms with Crippen molar-refractivity contribution in [2.24, 2.45) is 0 Å². The first-order chi connectivity index (χ1) is 5.49. The number of rotatable bonds is 2. The molecule has 3 amide bonds. The predicted molar refractivity (Wildman–Crippen MR) is 44.6 cm³/mol. The Morgan fingerprint density at radius 3 is 2.33 bits per heavy atom. The van der Waals surface area contributed by atoms with Crippen molar-refractivity contribution in [2.45, 2.75) is 32.7 Å². The van der Waals surface area contributed by atoms with E-state index in [1.807, 2.05) is 6.92 Å². The van der Waals surface area contributed by atoms with Gasteiger partial charge in [0.1, 0.15) is 5.54 Å². The van der Waals surface area contributed by atoms with Crippen LogP contribution in [0.25, 0.3) is 0 Å². The first-order valence-corrected chi connectivity index (χ1v) is 4.13. The van der Waals surface area contributed by atoms with Gasteiger partial charge < -0.3 is 5.32 Å². The van der Waals surface area contributed by atoms with Crippen LogP contribution >= 0.6 is 0 Å². The van der Waals surface area contributed by atoms with Gasteiger partial charge in [-0.3, -0.25) is 9.69 Å². The highest BCUT2D eigenvalue weighted by atomic mass is 16.2. The summed E-state index contributed by atoms with van der Waals surface area (Å²) in [6, 6.07) is -0.271. The number of hydrogen-bond donors (Lipinski definition) is 1. The largest absolute Gasteiger partial charge is 0.325 e. The van der Waals surface area contributed by atoms with Gasteiger partial charge in [-0.05, 0) is 20.3 Å². The lowest BCUT2D eigenvalue weighted by Gasteiger charge is -2.14. The molecule has 4 nitrogen and oxygen atoms in total. The summed E-state index contributed by atoms with van der Waals surface area (Å²) in [6.45, 7) is 5.87. The van der Waals surface area contributed by atoms with Gasteiger partial charge in [0.2, 0.25) is 0 Å². The molecule has 1 heterocycles. The van der Waals surface area contributed by atoms with Crippen molar-refractivity contribution < 1.29 is 9.59 Å². The van der Waals surface area contributed by atoms with Crippen LogP contribution in [0.5, 0.6) is 0 Å². The molecule has 0 aromatic heterocycles. The number of carbonyl (C=O) groups is 2. The second-order valence-corrected chi connectivity index (χ2v) is 3.51. The molecule has 0 aromatic rings. The Kier molecular flexibility index (Phi) is 2.08. The summed E-state index contributed by atoms with van der Waals surface area (Å²) in [5.41, 5.74) is -0.716. The van der Waals surface area contributed by atoms with Gasteiger partial charge >= 0.3 is 6.03 Å². The summed E-state index contributed by atoms with van der Waals surface area (Å²) in [7, 11) is 0. The van der Waals surface area contributed by atoms with Crippen molar-refractivity contribution in [3.8, 4) is 0 Å². The number of urea groups is 1. The lowest BCUT2D eigenvalue weighted by Crippen LogP contribution is -2.40. The molecule has 1 fully saturated rings. The molecule has 1 aliphatic heterocycles. The van der Waals surface area contributed by atoms with Crippen LogP contribution in [-0.2, 0) is 4.79 Å². The van der Waals surface area contributed by atoms with Gasteiger partial charge in [-0.1, -0.05) is 6.92 Å². The Bertz CT molecular complexity index is 223.